The molecule has 1 aromatic carbocycles. The van der Waals surface area contributed by atoms with Crippen LogP contribution < -0.4 is 0 Å². The fraction of sp³-hybridized carbons (Fsp3) is 0.333. The normalized spacial score (nSPS) is 12.6. The van der Waals surface area contributed by atoms with Crippen molar-refractivity contribution in [2.45, 2.75) is 26.3 Å². The lowest BCUT2D eigenvalue weighted by atomic mass is 10.2. The van der Waals surface area contributed by atoms with Crippen LogP contribution in [0.3, 0.4) is 0 Å². The molecule has 5 heteroatoms. The van der Waals surface area contributed by atoms with Crippen molar-refractivity contribution in [3.05, 3.63) is 34.9 Å². The molecule has 0 aliphatic rings. The molecule has 0 spiro atoms. The second-order valence-electron chi connectivity index (χ2n) is 3.96. The molecule has 0 fully saturated rings. The van der Waals surface area contributed by atoms with Crippen LogP contribution in [0.1, 0.15) is 26.3 Å². The minimum absolute atomic E-state index is 0.191. The van der Waals surface area contributed by atoms with Crippen molar-refractivity contribution >= 4 is 12.2 Å². The van der Waals surface area contributed by atoms with Gasteiger partial charge in [0.15, 0.2) is 10.6 Å². The first-order valence-corrected chi connectivity index (χ1v) is 5.97. The highest BCUT2D eigenvalue weighted by molar-refractivity contribution is 7.71. The summed E-state index contributed by atoms with van der Waals surface area (Å²) in [5.74, 6) is 0.272. The Bertz CT molecular complexity index is 573. The first-order chi connectivity index (χ1) is 8.15. The van der Waals surface area contributed by atoms with Crippen LogP contribution in [0.25, 0.3) is 11.4 Å². The SMILES string of the molecule is CC[C@H](C)n1c(-c2ccccc2F)n[nH]c1=S. The number of hydrogen-bond donors (Lipinski definition) is 1. The Morgan fingerprint density at radius 3 is 2.82 bits per heavy atom. The van der Waals surface area contributed by atoms with E-state index in [-0.39, 0.29) is 11.9 Å². The predicted octanol–water partition coefficient (Wildman–Crippen LogP) is 3.72. The minimum atomic E-state index is -0.286. The van der Waals surface area contributed by atoms with Gasteiger partial charge < -0.3 is 0 Å². The number of hydrogen-bond acceptors (Lipinski definition) is 2. The van der Waals surface area contributed by atoms with Gasteiger partial charge in [-0.3, -0.25) is 9.67 Å². The van der Waals surface area contributed by atoms with Gasteiger partial charge in [-0.15, -0.1) is 0 Å². The van der Waals surface area contributed by atoms with Crippen molar-refractivity contribution < 1.29 is 4.39 Å². The monoisotopic (exact) mass is 251 g/mol. The van der Waals surface area contributed by atoms with Gasteiger partial charge in [0, 0.05) is 6.04 Å². The summed E-state index contributed by atoms with van der Waals surface area (Å²) in [5.41, 5.74) is 0.472. The molecular weight excluding hydrogens is 237 g/mol. The van der Waals surface area contributed by atoms with Crippen LogP contribution in [-0.4, -0.2) is 14.8 Å². The van der Waals surface area contributed by atoms with E-state index in [9.17, 15) is 4.39 Å². The van der Waals surface area contributed by atoms with Gasteiger partial charge in [0.05, 0.1) is 5.56 Å². The molecule has 1 aromatic heterocycles. The summed E-state index contributed by atoms with van der Waals surface area (Å²) in [6, 6.07) is 6.77. The largest absolute Gasteiger partial charge is 0.297 e. The summed E-state index contributed by atoms with van der Waals surface area (Å²) in [4.78, 5) is 0. The minimum Gasteiger partial charge on any atom is -0.297 e. The smallest absolute Gasteiger partial charge is 0.195 e. The number of benzene rings is 1. The van der Waals surface area contributed by atoms with Crippen molar-refractivity contribution in [3.8, 4) is 11.4 Å². The molecule has 1 atom stereocenters. The van der Waals surface area contributed by atoms with E-state index in [1.807, 2.05) is 11.5 Å². The van der Waals surface area contributed by atoms with Gasteiger partial charge in [-0.25, -0.2) is 4.39 Å². The molecule has 17 heavy (non-hydrogen) atoms. The van der Waals surface area contributed by atoms with Gasteiger partial charge in [0.1, 0.15) is 5.82 Å². The lowest BCUT2D eigenvalue weighted by Crippen LogP contribution is -2.06. The van der Waals surface area contributed by atoms with Crippen molar-refractivity contribution in [2.24, 2.45) is 0 Å². The van der Waals surface area contributed by atoms with Crippen molar-refractivity contribution in [1.29, 1.82) is 0 Å². The van der Waals surface area contributed by atoms with Crippen LogP contribution in [0.15, 0.2) is 24.3 Å². The molecule has 3 nitrogen and oxygen atoms in total. The molecule has 0 saturated carbocycles. The number of nitrogens with zero attached hydrogens (tertiary/aromatic N) is 2. The second kappa shape index (κ2) is 4.79. The molecule has 1 N–H and O–H groups in total. The molecule has 1 heterocycles. The second-order valence-corrected chi connectivity index (χ2v) is 4.35. The van der Waals surface area contributed by atoms with Crippen molar-refractivity contribution in [3.63, 3.8) is 0 Å². The van der Waals surface area contributed by atoms with E-state index in [0.29, 0.717) is 16.2 Å². The predicted molar refractivity (Wildman–Crippen MR) is 67.8 cm³/mol. The number of rotatable bonds is 3. The number of H-pyrrole nitrogens is 1. The summed E-state index contributed by atoms with van der Waals surface area (Å²) in [7, 11) is 0. The van der Waals surface area contributed by atoms with Gasteiger partial charge >= 0.3 is 0 Å². The zero-order valence-corrected chi connectivity index (χ0v) is 10.6. The highest BCUT2D eigenvalue weighted by atomic mass is 32.1. The summed E-state index contributed by atoms with van der Waals surface area (Å²) >= 11 is 5.18. The van der Waals surface area contributed by atoms with Crippen LogP contribution in [0.2, 0.25) is 0 Å². The summed E-state index contributed by atoms with van der Waals surface area (Å²) in [5, 5.41) is 6.85. The number of aromatic amines is 1. The van der Waals surface area contributed by atoms with Crippen molar-refractivity contribution in [1.82, 2.24) is 14.8 Å². The first kappa shape index (κ1) is 12.0. The average Bonchev–Trinajstić information content (AvgIpc) is 2.71. The standard InChI is InChI=1S/C12H14FN3S/c1-3-8(2)16-11(14-15-12(16)17)9-6-4-5-7-10(9)13/h4-8H,3H2,1-2H3,(H,15,17)/t8-/m0/s1. The van der Waals surface area contributed by atoms with E-state index in [2.05, 4.69) is 17.1 Å². The fourth-order valence-corrected chi connectivity index (χ4v) is 2.04. The van der Waals surface area contributed by atoms with Crippen LogP contribution >= 0.6 is 12.2 Å². The summed E-state index contributed by atoms with van der Waals surface area (Å²) < 4.78 is 16.1. The van der Waals surface area contributed by atoms with Crippen molar-refractivity contribution in [2.75, 3.05) is 0 Å². The molecule has 0 amide bonds. The summed E-state index contributed by atoms with van der Waals surface area (Å²) in [6.45, 7) is 4.10. The zero-order chi connectivity index (χ0) is 12.4. The Hall–Kier alpha value is -1.49. The number of aromatic nitrogens is 3. The number of halogens is 1. The molecular formula is C12H14FN3S. The van der Waals surface area contributed by atoms with Gasteiger partial charge in [-0.1, -0.05) is 19.1 Å². The van der Waals surface area contributed by atoms with Crippen LogP contribution in [-0.2, 0) is 0 Å². The van der Waals surface area contributed by atoms with E-state index in [1.54, 1.807) is 18.2 Å². The first-order valence-electron chi connectivity index (χ1n) is 5.57. The number of nitrogens with one attached hydrogen (secondary N) is 1. The Labute approximate surface area is 104 Å². The Balaban J connectivity index is 2.61. The molecule has 0 aliphatic heterocycles. The third-order valence-corrected chi connectivity index (χ3v) is 3.14. The van der Waals surface area contributed by atoms with Crippen LogP contribution in [0, 0.1) is 10.6 Å². The molecule has 2 aromatic rings. The lowest BCUT2D eigenvalue weighted by Gasteiger charge is -2.13. The van der Waals surface area contributed by atoms with Gasteiger partial charge in [0.25, 0.3) is 0 Å². The topological polar surface area (TPSA) is 33.6 Å². The van der Waals surface area contributed by atoms with Crippen LogP contribution in [0.4, 0.5) is 4.39 Å². The quantitative estimate of drug-likeness (QED) is 0.843. The third-order valence-electron chi connectivity index (χ3n) is 2.85. The third kappa shape index (κ3) is 2.15. The molecule has 0 saturated heterocycles. The van der Waals surface area contributed by atoms with Gasteiger partial charge in [-0.05, 0) is 37.7 Å². The maximum Gasteiger partial charge on any atom is 0.195 e. The van der Waals surface area contributed by atoms with Gasteiger partial charge in [-0.2, -0.15) is 5.10 Å². The Kier molecular flexibility index (Phi) is 3.38. The molecule has 90 valence electrons. The van der Waals surface area contributed by atoms with E-state index < -0.39 is 0 Å². The van der Waals surface area contributed by atoms with Crippen LogP contribution in [0.5, 0.6) is 0 Å². The Morgan fingerprint density at radius 2 is 2.18 bits per heavy atom. The van der Waals surface area contributed by atoms with E-state index in [4.69, 9.17) is 12.2 Å². The van der Waals surface area contributed by atoms with E-state index in [0.717, 1.165) is 6.42 Å². The average molecular weight is 251 g/mol. The molecule has 2 rings (SSSR count). The molecule has 0 bridgehead atoms. The Morgan fingerprint density at radius 1 is 1.47 bits per heavy atom. The highest BCUT2D eigenvalue weighted by Crippen LogP contribution is 2.24. The molecule has 0 radical (unpaired) electrons. The highest BCUT2D eigenvalue weighted by Gasteiger charge is 2.15. The maximum atomic E-state index is 13.7. The fourth-order valence-electron chi connectivity index (χ4n) is 1.73. The summed E-state index contributed by atoms with van der Waals surface area (Å²) in [6.07, 6.45) is 0.912. The van der Waals surface area contributed by atoms with Gasteiger partial charge in [0.2, 0.25) is 0 Å². The molecule has 0 unspecified atom stereocenters. The maximum absolute atomic E-state index is 13.7. The van der Waals surface area contributed by atoms with E-state index in [1.165, 1.54) is 6.07 Å². The lowest BCUT2D eigenvalue weighted by molar-refractivity contribution is 0.526. The zero-order valence-electron chi connectivity index (χ0n) is 9.77. The molecule has 0 aliphatic carbocycles. The van der Waals surface area contributed by atoms with E-state index >= 15 is 0 Å².